The van der Waals surface area contributed by atoms with Crippen LogP contribution in [0.5, 0.6) is 11.5 Å². The summed E-state index contributed by atoms with van der Waals surface area (Å²) in [5.41, 5.74) is 2.63. The van der Waals surface area contributed by atoms with Crippen molar-refractivity contribution in [1.82, 2.24) is 0 Å². The van der Waals surface area contributed by atoms with E-state index in [9.17, 15) is 4.79 Å². The minimum Gasteiger partial charge on any atom is -0.497 e. The summed E-state index contributed by atoms with van der Waals surface area (Å²) < 4.78 is 11.1. The lowest BCUT2D eigenvalue weighted by atomic mass is 9.88. The molecule has 0 bridgehead atoms. The third kappa shape index (κ3) is 3.38. The Kier molecular flexibility index (Phi) is 4.53. The SMILES string of the molecule is COc1ccc(OCC2=CC(C)(C)N(C(C)=O)c3ccccc32)cc1. The molecule has 0 saturated heterocycles. The van der Waals surface area contributed by atoms with Crippen LogP contribution in [0.2, 0.25) is 0 Å². The smallest absolute Gasteiger partial charge is 0.224 e. The summed E-state index contributed by atoms with van der Waals surface area (Å²) >= 11 is 0. The largest absolute Gasteiger partial charge is 0.497 e. The summed E-state index contributed by atoms with van der Waals surface area (Å²) in [6, 6.07) is 15.5. The van der Waals surface area contributed by atoms with Crippen molar-refractivity contribution in [2.75, 3.05) is 18.6 Å². The predicted molar refractivity (Wildman–Crippen MR) is 100 cm³/mol. The van der Waals surface area contributed by atoms with Gasteiger partial charge in [0.15, 0.2) is 0 Å². The lowest BCUT2D eigenvalue weighted by Crippen LogP contribution is -2.48. The molecule has 0 radical (unpaired) electrons. The zero-order valence-corrected chi connectivity index (χ0v) is 15.1. The highest BCUT2D eigenvalue weighted by Gasteiger charge is 2.34. The van der Waals surface area contributed by atoms with Crippen molar-refractivity contribution in [1.29, 1.82) is 0 Å². The van der Waals surface area contributed by atoms with Crippen molar-refractivity contribution < 1.29 is 14.3 Å². The van der Waals surface area contributed by atoms with E-state index >= 15 is 0 Å². The molecule has 0 aliphatic carbocycles. The molecule has 0 unspecified atom stereocenters. The van der Waals surface area contributed by atoms with Crippen LogP contribution in [0, 0.1) is 0 Å². The van der Waals surface area contributed by atoms with Crippen LogP contribution in [-0.4, -0.2) is 25.2 Å². The topological polar surface area (TPSA) is 38.8 Å². The summed E-state index contributed by atoms with van der Waals surface area (Å²) in [6.45, 7) is 6.12. The van der Waals surface area contributed by atoms with E-state index in [1.807, 2.05) is 67.3 Å². The highest BCUT2D eigenvalue weighted by Crippen LogP contribution is 2.39. The minimum absolute atomic E-state index is 0.0313. The van der Waals surface area contributed by atoms with Gasteiger partial charge in [-0.25, -0.2) is 0 Å². The molecule has 25 heavy (non-hydrogen) atoms. The summed E-state index contributed by atoms with van der Waals surface area (Å²) in [4.78, 5) is 14.0. The molecule has 0 saturated carbocycles. The zero-order chi connectivity index (χ0) is 18.0. The lowest BCUT2D eigenvalue weighted by molar-refractivity contribution is -0.117. The molecule has 0 spiro atoms. The van der Waals surface area contributed by atoms with Gasteiger partial charge in [-0.05, 0) is 49.8 Å². The standard InChI is InChI=1S/C21H23NO3/c1-15(23)22-20-8-6-5-7-19(20)16(13-21(22,2)3)14-25-18-11-9-17(24-4)10-12-18/h5-13H,14H2,1-4H3. The van der Waals surface area contributed by atoms with Crippen molar-refractivity contribution in [3.05, 3.63) is 60.2 Å². The van der Waals surface area contributed by atoms with E-state index in [1.165, 1.54) is 0 Å². The number of methoxy groups -OCH3 is 1. The summed E-state index contributed by atoms with van der Waals surface area (Å²) in [5.74, 6) is 1.61. The Bertz CT molecular complexity index is 806. The number of fused-ring (bicyclic) bond motifs is 1. The fourth-order valence-corrected chi connectivity index (χ4v) is 3.35. The van der Waals surface area contributed by atoms with Gasteiger partial charge in [0.25, 0.3) is 0 Å². The minimum atomic E-state index is -0.404. The number of para-hydroxylation sites is 1. The summed E-state index contributed by atoms with van der Waals surface area (Å²) in [7, 11) is 1.64. The normalized spacial score (nSPS) is 15.2. The first-order valence-corrected chi connectivity index (χ1v) is 8.31. The third-order valence-electron chi connectivity index (χ3n) is 4.36. The van der Waals surface area contributed by atoms with Gasteiger partial charge in [-0.1, -0.05) is 24.3 Å². The number of carbonyl (C=O) groups is 1. The van der Waals surface area contributed by atoms with E-state index in [-0.39, 0.29) is 5.91 Å². The molecule has 0 N–H and O–H groups in total. The Morgan fingerprint density at radius 1 is 1.04 bits per heavy atom. The number of nitrogens with zero attached hydrogens (tertiary/aromatic N) is 1. The van der Waals surface area contributed by atoms with Gasteiger partial charge in [-0.3, -0.25) is 4.79 Å². The first kappa shape index (κ1) is 17.1. The molecule has 2 aromatic rings. The van der Waals surface area contributed by atoms with Gasteiger partial charge in [0.2, 0.25) is 5.91 Å². The molecule has 130 valence electrons. The maximum atomic E-state index is 12.2. The number of hydrogen-bond donors (Lipinski definition) is 0. The van der Waals surface area contributed by atoms with Gasteiger partial charge in [0.1, 0.15) is 18.1 Å². The predicted octanol–water partition coefficient (Wildman–Crippen LogP) is 4.30. The van der Waals surface area contributed by atoms with Gasteiger partial charge < -0.3 is 14.4 Å². The van der Waals surface area contributed by atoms with E-state index in [0.717, 1.165) is 28.3 Å². The van der Waals surface area contributed by atoms with Gasteiger partial charge in [-0.15, -0.1) is 0 Å². The van der Waals surface area contributed by atoms with Crippen LogP contribution in [0.1, 0.15) is 26.3 Å². The van der Waals surface area contributed by atoms with Gasteiger partial charge in [0, 0.05) is 12.5 Å². The van der Waals surface area contributed by atoms with Crippen molar-refractivity contribution in [3.63, 3.8) is 0 Å². The van der Waals surface area contributed by atoms with Crippen LogP contribution < -0.4 is 14.4 Å². The first-order valence-electron chi connectivity index (χ1n) is 8.31. The fraction of sp³-hybridized carbons (Fsp3) is 0.286. The molecule has 3 rings (SSSR count). The molecule has 4 heteroatoms. The van der Waals surface area contributed by atoms with Crippen molar-refractivity contribution in [2.24, 2.45) is 0 Å². The second-order valence-corrected chi connectivity index (χ2v) is 6.66. The second-order valence-electron chi connectivity index (χ2n) is 6.66. The quantitative estimate of drug-likeness (QED) is 0.835. The zero-order valence-electron chi connectivity index (χ0n) is 15.1. The Morgan fingerprint density at radius 2 is 1.68 bits per heavy atom. The first-order chi connectivity index (χ1) is 11.9. The lowest BCUT2D eigenvalue weighted by Gasteiger charge is -2.41. The van der Waals surface area contributed by atoms with Crippen LogP contribution in [0.3, 0.4) is 0 Å². The molecule has 1 heterocycles. The average Bonchev–Trinajstić information content (AvgIpc) is 2.59. The Morgan fingerprint density at radius 3 is 2.32 bits per heavy atom. The van der Waals surface area contributed by atoms with Crippen LogP contribution in [0.15, 0.2) is 54.6 Å². The molecule has 1 aliphatic heterocycles. The number of benzene rings is 2. The van der Waals surface area contributed by atoms with Crippen LogP contribution in [0.4, 0.5) is 5.69 Å². The maximum absolute atomic E-state index is 12.2. The van der Waals surface area contributed by atoms with Crippen molar-refractivity contribution >= 4 is 17.2 Å². The molecule has 0 aromatic heterocycles. The molecule has 0 fully saturated rings. The molecule has 0 atom stereocenters. The third-order valence-corrected chi connectivity index (χ3v) is 4.36. The Labute approximate surface area is 148 Å². The number of rotatable bonds is 4. The van der Waals surface area contributed by atoms with Crippen LogP contribution in [-0.2, 0) is 4.79 Å². The second kappa shape index (κ2) is 6.63. The van der Waals surface area contributed by atoms with Crippen molar-refractivity contribution in [2.45, 2.75) is 26.3 Å². The average molecular weight is 337 g/mol. The van der Waals surface area contributed by atoms with E-state index in [2.05, 4.69) is 6.08 Å². The summed E-state index contributed by atoms with van der Waals surface area (Å²) in [5, 5.41) is 0. The van der Waals surface area contributed by atoms with E-state index in [0.29, 0.717) is 6.61 Å². The monoisotopic (exact) mass is 337 g/mol. The number of amides is 1. The summed E-state index contributed by atoms with van der Waals surface area (Å²) in [6.07, 6.45) is 2.11. The molecular formula is C21H23NO3. The molecule has 1 amide bonds. The van der Waals surface area contributed by atoms with Gasteiger partial charge >= 0.3 is 0 Å². The Hall–Kier alpha value is -2.75. The van der Waals surface area contributed by atoms with E-state index < -0.39 is 5.54 Å². The van der Waals surface area contributed by atoms with Crippen LogP contribution in [0.25, 0.3) is 5.57 Å². The number of hydrogen-bond acceptors (Lipinski definition) is 3. The van der Waals surface area contributed by atoms with Crippen LogP contribution >= 0.6 is 0 Å². The van der Waals surface area contributed by atoms with Gasteiger partial charge in [0.05, 0.1) is 18.3 Å². The fourth-order valence-electron chi connectivity index (χ4n) is 3.35. The van der Waals surface area contributed by atoms with E-state index in [4.69, 9.17) is 9.47 Å². The highest BCUT2D eigenvalue weighted by molar-refractivity contribution is 5.99. The van der Waals surface area contributed by atoms with Crippen molar-refractivity contribution in [3.8, 4) is 11.5 Å². The number of ether oxygens (including phenoxy) is 2. The number of carbonyl (C=O) groups excluding carboxylic acids is 1. The Balaban J connectivity index is 1.89. The molecule has 1 aliphatic rings. The highest BCUT2D eigenvalue weighted by atomic mass is 16.5. The van der Waals surface area contributed by atoms with Gasteiger partial charge in [-0.2, -0.15) is 0 Å². The molecular weight excluding hydrogens is 314 g/mol. The molecule has 2 aromatic carbocycles. The van der Waals surface area contributed by atoms with E-state index in [1.54, 1.807) is 14.0 Å². The number of anilines is 1. The maximum Gasteiger partial charge on any atom is 0.224 e. The molecule has 4 nitrogen and oxygen atoms in total.